The Morgan fingerprint density at radius 3 is 2.83 bits per heavy atom. The first kappa shape index (κ1) is 17.2. The number of amides is 2. The van der Waals surface area contributed by atoms with E-state index in [1.807, 2.05) is 0 Å². The molecule has 0 spiro atoms. The Morgan fingerprint density at radius 2 is 2.17 bits per heavy atom. The van der Waals surface area contributed by atoms with Crippen molar-refractivity contribution in [3.8, 4) is 5.75 Å². The van der Waals surface area contributed by atoms with Crippen LogP contribution in [-0.2, 0) is 19.6 Å². The van der Waals surface area contributed by atoms with Gasteiger partial charge in [0.05, 0.1) is 24.5 Å². The Bertz CT molecular complexity index is 732. The second-order valence-corrected chi connectivity index (χ2v) is 7.49. The van der Waals surface area contributed by atoms with Gasteiger partial charge in [0.15, 0.2) is 6.61 Å². The molecule has 1 aliphatic heterocycles. The number of likely N-dealkylation sites (N-methyl/N-ethyl adjacent to an activating group) is 1. The lowest BCUT2D eigenvalue weighted by Gasteiger charge is -2.21. The fraction of sp³-hybridized carbons (Fsp3) is 0.429. The van der Waals surface area contributed by atoms with Gasteiger partial charge in [0.1, 0.15) is 5.75 Å². The quantitative estimate of drug-likeness (QED) is 0.789. The molecule has 126 valence electrons. The molecule has 9 heteroatoms. The molecule has 0 fully saturated rings. The van der Waals surface area contributed by atoms with Gasteiger partial charge in [0.2, 0.25) is 15.9 Å². The molecule has 0 saturated heterocycles. The highest BCUT2D eigenvalue weighted by Gasteiger charge is 2.20. The smallest absolute Gasteiger partial charge is 0.262 e. The summed E-state index contributed by atoms with van der Waals surface area (Å²) < 4.78 is 28.8. The monoisotopic (exact) mass is 341 g/mol. The van der Waals surface area contributed by atoms with Crippen LogP contribution < -0.4 is 15.4 Å². The first-order chi connectivity index (χ1) is 10.7. The van der Waals surface area contributed by atoms with Crippen molar-refractivity contribution in [1.29, 1.82) is 0 Å². The van der Waals surface area contributed by atoms with Crippen LogP contribution in [0, 0.1) is 0 Å². The minimum Gasteiger partial charge on any atom is -0.482 e. The lowest BCUT2D eigenvalue weighted by Crippen LogP contribution is -2.38. The van der Waals surface area contributed by atoms with Gasteiger partial charge in [-0.15, -0.1) is 0 Å². The van der Waals surface area contributed by atoms with Crippen molar-refractivity contribution in [2.24, 2.45) is 0 Å². The van der Waals surface area contributed by atoms with E-state index < -0.39 is 15.9 Å². The summed E-state index contributed by atoms with van der Waals surface area (Å²) >= 11 is 0. The summed E-state index contributed by atoms with van der Waals surface area (Å²) in [5.41, 5.74) is 1.32. The highest BCUT2D eigenvalue weighted by molar-refractivity contribution is 7.88. The predicted octanol–water partition coefficient (Wildman–Crippen LogP) is 0.0861. The van der Waals surface area contributed by atoms with E-state index in [9.17, 15) is 18.0 Å². The minimum absolute atomic E-state index is 0.0174. The Hall–Kier alpha value is -2.13. The second-order valence-electron chi connectivity index (χ2n) is 5.40. The number of sulfonamides is 1. The summed E-state index contributed by atoms with van der Waals surface area (Å²) in [6, 6.07) is 4.87. The maximum Gasteiger partial charge on any atom is 0.262 e. The average Bonchev–Trinajstić information content (AvgIpc) is 2.45. The van der Waals surface area contributed by atoms with Crippen molar-refractivity contribution in [2.45, 2.75) is 13.0 Å². The number of benzene rings is 1. The van der Waals surface area contributed by atoms with Crippen LogP contribution in [0.1, 0.15) is 18.5 Å². The van der Waals surface area contributed by atoms with Crippen molar-refractivity contribution in [2.75, 3.05) is 31.8 Å². The molecule has 2 rings (SSSR count). The number of nitrogens with zero attached hydrogens (tertiary/aromatic N) is 1. The lowest BCUT2D eigenvalue weighted by molar-refractivity contribution is -0.122. The topological polar surface area (TPSA) is 105 Å². The second kappa shape index (κ2) is 6.55. The Balaban J connectivity index is 2.03. The van der Waals surface area contributed by atoms with Gasteiger partial charge in [-0.3, -0.25) is 9.59 Å². The molecule has 0 aromatic heterocycles. The summed E-state index contributed by atoms with van der Waals surface area (Å²) in [6.45, 7) is 1.50. The van der Waals surface area contributed by atoms with E-state index in [-0.39, 0.29) is 25.1 Å². The zero-order valence-electron chi connectivity index (χ0n) is 13.1. The SMILES string of the molecule is CC(NC(=O)CN(C)S(C)(=O)=O)c1ccc2c(c1)NC(=O)CO2. The molecule has 1 unspecified atom stereocenters. The number of carbonyl (C=O) groups is 2. The van der Waals surface area contributed by atoms with E-state index in [4.69, 9.17) is 4.74 Å². The zero-order valence-corrected chi connectivity index (χ0v) is 13.9. The number of fused-ring (bicyclic) bond motifs is 1. The maximum absolute atomic E-state index is 11.9. The van der Waals surface area contributed by atoms with Crippen molar-refractivity contribution >= 4 is 27.5 Å². The molecule has 0 aliphatic carbocycles. The van der Waals surface area contributed by atoms with Crippen LogP contribution in [0.2, 0.25) is 0 Å². The summed E-state index contributed by atoms with van der Waals surface area (Å²) in [4.78, 5) is 23.2. The van der Waals surface area contributed by atoms with E-state index in [0.29, 0.717) is 11.4 Å². The Kier molecular flexibility index (Phi) is 4.90. The molecule has 8 nitrogen and oxygen atoms in total. The Labute approximate surface area is 134 Å². The Morgan fingerprint density at radius 1 is 1.48 bits per heavy atom. The van der Waals surface area contributed by atoms with E-state index in [1.165, 1.54) is 7.05 Å². The largest absolute Gasteiger partial charge is 0.482 e. The van der Waals surface area contributed by atoms with Crippen LogP contribution in [0.3, 0.4) is 0 Å². The summed E-state index contributed by atoms with van der Waals surface area (Å²) in [5, 5.41) is 5.42. The third kappa shape index (κ3) is 4.42. The molecule has 2 amide bonds. The zero-order chi connectivity index (χ0) is 17.2. The van der Waals surface area contributed by atoms with Gasteiger partial charge < -0.3 is 15.4 Å². The number of ether oxygens (including phenoxy) is 1. The highest BCUT2D eigenvalue weighted by atomic mass is 32.2. The molecule has 2 N–H and O–H groups in total. The molecule has 23 heavy (non-hydrogen) atoms. The van der Waals surface area contributed by atoms with Crippen molar-refractivity contribution in [1.82, 2.24) is 9.62 Å². The van der Waals surface area contributed by atoms with E-state index in [2.05, 4.69) is 10.6 Å². The molecular weight excluding hydrogens is 322 g/mol. The third-order valence-electron chi connectivity index (χ3n) is 3.45. The number of anilines is 1. The first-order valence-electron chi connectivity index (χ1n) is 6.94. The first-order valence-corrected chi connectivity index (χ1v) is 8.79. The number of hydrogen-bond donors (Lipinski definition) is 2. The molecule has 0 saturated carbocycles. The van der Waals surface area contributed by atoms with Crippen LogP contribution in [-0.4, -0.2) is 51.0 Å². The van der Waals surface area contributed by atoms with Crippen molar-refractivity contribution < 1.29 is 22.7 Å². The molecule has 1 aromatic rings. The molecule has 1 aromatic carbocycles. The average molecular weight is 341 g/mol. The van der Waals surface area contributed by atoms with Crippen LogP contribution in [0.15, 0.2) is 18.2 Å². The molecule has 1 aliphatic rings. The summed E-state index contributed by atoms with van der Waals surface area (Å²) in [7, 11) is -2.07. The van der Waals surface area contributed by atoms with Gasteiger partial charge in [0.25, 0.3) is 5.91 Å². The molecular formula is C14H19N3O5S. The van der Waals surface area contributed by atoms with Crippen molar-refractivity contribution in [3.63, 3.8) is 0 Å². The fourth-order valence-corrected chi connectivity index (χ4v) is 2.41. The predicted molar refractivity (Wildman–Crippen MR) is 84.6 cm³/mol. The van der Waals surface area contributed by atoms with Gasteiger partial charge in [0, 0.05) is 7.05 Å². The van der Waals surface area contributed by atoms with Gasteiger partial charge >= 0.3 is 0 Å². The van der Waals surface area contributed by atoms with Crippen LogP contribution in [0.4, 0.5) is 5.69 Å². The molecule has 0 radical (unpaired) electrons. The summed E-state index contributed by atoms with van der Waals surface area (Å²) in [6.07, 6.45) is 1.04. The van der Waals surface area contributed by atoms with Crippen LogP contribution >= 0.6 is 0 Å². The highest BCUT2D eigenvalue weighted by Crippen LogP contribution is 2.30. The minimum atomic E-state index is -3.41. The van der Waals surface area contributed by atoms with E-state index in [0.717, 1.165) is 16.1 Å². The normalized spacial score (nSPS) is 15.4. The van der Waals surface area contributed by atoms with Crippen LogP contribution in [0.5, 0.6) is 5.75 Å². The summed E-state index contributed by atoms with van der Waals surface area (Å²) in [5.74, 6) is -0.0757. The fourth-order valence-electron chi connectivity index (χ4n) is 2.06. The maximum atomic E-state index is 11.9. The van der Waals surface area contributed by atoms with Gasteiger partial charge in [-0.1, -0.05) is 6.07 Å². The van der Waals surface area contributed by atoms with E-state index in [1.54, 1.807) is 25.1 Å². The van der Waals surface area contributed by atoms with Crippen molar-refractivity contribution in [3.05, 3.63) is 23.8 Å². The number of hydrogen-bond acceptors (Lipinski definition) is 5. The number of carbonyl (C=O) groups excluding carboxylic acids is 2. The molecule has 1 atom stereocenters. The molecule has 1 heterocycles. The van der Waals surface area contributed by atoms with Gasteiger partial charge in [-0.05, 0) is 24.6 Å². The number of nitrogens with one attached hydrogen (secondary N) is 2. The third-order valence-corrected chi connectivity index (χ3v) is 4.71. The molecule has 0 bridgehead atoms. The van der Waals surface area contributed by atoms with Gasteiger partial charge in [-0.2, -0.15) is 4.31 Å². The van der Waals surface area contributed by atoms with Gasteiger partial charge in [-0.25, -0.2) is 8.42 Å². The number of rotatable bonds is 5. The van der Waals surface area contributed by atoms with Crippen LogP contribution in [0.25, 0.3) is 0 Å². The van der Waals surface area contributed by atoms with E-state index >= 15 is 0 Å². The standard InChI is InChI=1S/C14H19N3O5S/c1-9(15-13(18)7-17(2)23(3,20)21)10-4-5-12-11(6-10)16-14(19)8-22-12/h4-6,9H,7-8H2,1-3H3,(H,15,18)(H,16,19). The lowest BCUT2D eigenvalue weighted by atomic mass is 10.1.